The van der Waals surface area contributed by atoms with Crippen molar-refractivity contribution >= 4 is 23.3 Å². The third kappa shape index (κ3) is 1.92. The molecule has 1 aromatic carbocycles. The Morgan fingerprint density at radius 2 is 2.47 bits per heavy atom. The summed E-state index contributed by atoms with van der Waals surface area (Å²) in [6, 6.07) is 5.32. The predicted molar refractivity (Wildman–Crippen MR) is 59.2 cm³/mol. The molecule has 3 nitrogen and oxygen atoms in total. The zero-order valence-corrected chi connectivity index (χ0v) is 9.17. The fraction of sp³-hybridized carbons (Fsp3) is 0.364. The molecule has 0 radical (unpaired) electrons. The predicted octanol–water partition coefficient (Wildman–Crippen LogP) is 2.24. The monoisotopic (exact) mass is 225 g/mol. The number of fused-ring (bicyclic) bond motifs is 1. The lowest BCUT2D eigenvalue weighted by atomic mass is 10.1. The van der Waals surface area contributed by atoms with Crippen LogP contribution in [0.3, 0.4) is 0 Å². The van der Waals surface area contributed by atoms with E-state index in [9.17, 15) is 4.79 Å². The summed E-state index contributed by atoms with van der Waals surface area (Å²) in [5.74, 6) is -0.218. The molecule has 0 amide bonds. The van der Waals surface area contributed by atoms with Crippen LogP contribution in [0.2, 0.25) is 5.02 Å². The number of nitrogens with one attached hydrogen (secondary N) is 1. The Bertz CT molecular complexity index is 392. The Morgan fingerprint density at radius 3 is 3.13 bits per heavy atom. The molecule has 0 bridgehead atoms. The molecule has 1 atom stereocenters. The molecule has 1 aliphatic heterocycles. The van der Waals surface area contributed by atoms with Gasteiger partial charge in [-0.1, -0.05) is 17.7 Å². The van der Waals surface area contributed by atoms with Gasteiger partial charge in [-0.05, 0) is 24.6 Å². The maximum atomic E-state index is 11.5. The third-order valence-electron chi connectivity index (χ3n) is 2.43. The summed E-state index contributed by atoms with van der Waals surface area (Å²) >= 11 is 6.02. The quantitative estimate of drug-likeness (QED) is 0.785. The minimum atomic E-state index is -0.292. The van der Waals surface area contributed by atoms with Crippen molar-refractivity contribution in [2.45, 2.75) is 19.4 Å². The van der Waals surface area contributed by atoms with E-state index in [1.165, 1.54) is 0 Å². The van der Waals surface area contributed by atoms with Crippen LogP contribution in [0.5, 0.6) is 0 Å². The van der Waals surface area contributed by atoms with Gasteiger partial charge in [0.1, 0.15) is 6.04 Å². The summed E-state index contributed by atoms with van der Waals surface area (Å²) in [5.41, 5.74) is 1.93. The van der Waals surface area contributed by atoms with E-state index in [1.807, 2.05) is 18.2 Å². The normalized spacial score (nSPS) is 18.1. The highest BCUT2D eigenvalue weighted by Gasteiger charge is 2.28. The molecule has 1 aliphatic rings. The first kappa shape index (κ1) is 10.3. The second kappa shape index (κ2) is 4.11. The molecule has 0 saturated heterocycles. The number of hydrogen-bond donors (Lipinski definition) is 1. The van der Waals surface area contributed by atoms with Gasteiger partial charge in [0.05, 0.1) is 6.61 Å². The zero-order chi connectivity index (χ0) is 10.8. The van der Waals surface area contributed by atoms with Gasteiger partial charge in [-0.25, -0.2) is 4.79 Å². The van der Waals surface area contributed by atoms with Gasteiger partial charge in [0.25, 0.3) is 0 Å². The van der Waals surface area contributed by atoms with E-state index in [-0.39, 0.29) is 12.0 Å². The molecule has 1 N–H and O–H groups in total. The molecule has 0 aromatic heterocycles. The Hall–Kier alpha value is -1.22. The molecule has 2 rings (SSSR count). The average Bonchev–Trinajstić information content (AvgIpc) is 2.63. The number of ether oxygens (including phenoxy) is 1. The lowest BCUT2D eigenvalue weighted by molar-refractivity contribution is -0.143. The number of carbonyl (C=O) groups excluding carboxylic acids is 1. The average molecular weight is 226 g/mol. The standard InChI is InChI=1S/C11H12ClNO2/c1-2-15-11(14)10-6-7-8(12)4-3-5-9(7)13-10/h3-5,10,13H,2,6H2,1H3. The molecule has 4 heteroatoms. The van der Waals surface area contributed by atoms with Crippen LogP contribution in [-0.4, -0.2) is 18.6 Å². The van der Waals surface area contributed by atoms with E-state index < -0.39 is 0 Å². The second-order valence-corrected chi connectivity index (χ2v) is 3.83. The molecule has 0 fully saturated rings. The highest BCUT2D eigenvalue weighted by Crippen LogP contribution is 2.31. The van der Waals surface area contributed by atoms with E-state index in [2.05, 4.69) is 5.32 Å². The third-order valence-corrected chi connectivity index (χ3v) is 2.78. The number of rotatable bonds is 2. The van der Waals surface area contributed by atoms with Crippen molar-refractivity contribution in [1.82, 2.24) is 0 Å². The van der Waals surface area contributed by atoms with Crippen LogP contribution in [-0.2, 0) is 16.0 Å². The summed E-state index contributed by atoms with van der Waals surface area (Å²) < 4.78 is 4.95. The van der Waals surface area contributed by atoms with Crippen molar-refractivity contribution in [2.24, 2.45) is 0 Å². The summed E-state index contributed by atoms with van der Waals surface area (Å²) in [7, 11) is 0. The lowest BCUT2D eigenvalue weighted by Crippen LogP contribution is -2.28. The Morgan fingerprint density at radius 1 is 1.67 bits per heavy atom. The largest absolute Gasteiger partial charge is 0.464 e. The highest BCUT2D eigenvalue weighted by molar-refractivity contribution is 6.31. The van der Waals surface area contributed by atoms with Gasteiger partial charge < -0.3 is 10.1 Å². The van der Waals surface area contributed by atoms with Crippen LogP contribution < -0.4 is 5.32 Å². The Kier molecular flexibility index (Phi) is 2.82. The van der Waals surface area contributed by atoms with Crippen molar-refractivity contribution in [3.05, 3.63) is 28.8 Å². The number of benzene rings is 1. The number of carbonyl (C=O) groups is 1. The van der Waals surface area contributed by atoms with Crippen LogP contribution >= 0.6 is 11.6 Å². The van der Waals surface area contributed by atoms with Gasteiger partial charge in [0, 0.05) is 17.1 Å². The summed E-state index contributed by atoms with van der Waals surface area (Å²) in [6.07, 6.45) is 0.605. The van der Waals surface area contributed by atoms with Crippen LogP contribution in [0.25, 0.3) is 0 Å². The van der Waals surface area contributed by atoms with Crippen LogP contribution in [0.4, 0.5) is 5.69 Å². The van der Waals surface area contributed by atoms with E-state index in [0.717, 1.165) is 11.3 Å². The first-order chi connectivity index (χ1) is 7.22. The van der Waals surface area contributed by atoms with Gasteiger partial charge in [0.2, 0.25) is 0 Å². The smallest absolute Gasteiger partial charge is 0.328 e. The minimum Gasteiger partial charge on any atom is -0.464 e. The molecule has 1 unspecified atom stereocenters. The maximum absolute atomic E-state index is 11.5. The molecule has 80 valence electrons. The Balaban J connectivity index is 2.15. The highest BCUT2D eigenvalue weighted by atomic mass is 35.5. The SMILES string of the molecule is CCOC(=O)C1Cc2c(Cl)cccc2N1. The maximum Gasteiger partial charge on any atom is 0.328 e. The molecular formula is C11H12ClNO2. The van der Waals surface area contributed by atoms with Crippen molar-refractivity contribution in [3.8, 4) is 0 Å². The van der Waals surface area contributed by atoms with Crippen molar-refractivity contribution in [1.29, 1.82) is 0 Å². The van der Waals surface area contributed by atoms with Crippen LogP contribution in [0.1, 0.15) is 12.5 Å². The molecule has 0 saturated carbocycles. The molecule has 0 aliphatic carbocycles. The number of halogens is 1. The van der Waals surface area contributed by atoms with Gasteiger partial charge in [-0.3, -0.25) is 0 Å². The van der Waals surface area contributed by atoms with Gasteiger partial charge in [-0.15, -0.1) is 0 Å². The van der Waals surface area contributed by atoms with Gasteiger partial charge in [-0.2, -0.15) is 0 Å². The van der Waals surface area contributed by atoms with E-state index >= 15 is 0 Å². The van der Waals surface area contributed by atoms with Crippen molar-refractivity contribution in [3.63, 3.8) is 0 Å². The van der Waals surface area contributed by atoms with Crippen molar-refractivity contribution in [2.75, 3.05) is 11.9 Å². The molecule has 0 spiro atoms. The van der Waals surface area contributed by atoms with Crippen LogP contribution in [0.15, 0.2) is 18.2 Å². The summed E-state index contributed by atoms with van der Waals surface area (Å²) in [6.45, 7) is 2.20. The molecule has 1 heterocycles. The molecule has 15 heavy (non-hydrogen) atoms. The first-order valence-electron chi connectivity index (χ1n) is 4.93. The minimum absolute atomic E-state index is 0.218. The van der Waals surface area contributed by atoms with Crippen LogP contribution in [0, 0.1) is 0 Å². The number of hydrogen-bond acceptors (Lipinski definition) is 3. The lowest BCUT2D eigenvalue weighted by Gasteiger charge is -2.09. The fourth-order valence-electron chi connectivity index (χ4n) is 1.73. The van der Waals surface area contributed by atoms with E-state index in [1.54, 1.807) is 6.92 Å². The van der Waals surface area contributed by atoms with Gasteiger partial charge in [0.15, 0.2) is 0 Å². The topological polar surface area (TPSA) is 38.3 Å². The molecule has 1 aromatic rings. The first-order valence-corrected chi connectivity index (χ1v) is 5.30. The zero-order valence-electron chi connectivity index (χ0n) is 8.42. The second-order valence-electron chi connectivity index (χ2n) is 3.42. The molecular weight excluding hydrogens is 214 g/mol. The summed E-state index contributed by atoms with van der Waals surface area (Å²) in [4.78, 5) is 11.5. The summed E-state index contributed by atoms with van der Waals surface area (Å²) in [5, 5.41) is 3.80. The van der Waals surface area contributed by atoms with Crippen molar-refractivity contribution < 1.29 is 9.53 Å². The fourth-order valence-corrected chi connectivity index (χ4v) is 1.98. The van der Waals surface area contributed by atoms with E-state index in [0.29, 0.717) is 18.1 Å². The Labute approximate surface area is 93.4 Å². The van der Waals surface area contributed by atoms with Gasteiger partial charge >= 0.3 is 5.97 Å². The number of anilines is 1. The van der Waals surface area contributed by atoms with E-state index in [4.69, 9.17) is 16.3 Å². The number of esters is 1.